The van der Waals surface area contributed by atoms with Gasteiger partial charge in [0.1, 0.15) is 42.0 Å². The van der Waals surface area contributed by atoms with E-state index in [-0.39, 0.29) is 68.2 Å². The molecule has 3 aromatic rings. The van der Waals surface area contributed by atoms with E-state index in [1.54, 1.807) is 36.4 Å². The molecule has 7 rings (SSSR count). The molecule has 3 aliphatic carbocycles. The zero-order valence-electron chi connectivity index (χ0n) is 33.3. The third-order valence-corrected chi connectivity index (χ3v) is 12.0. The van der Waals surface area contributed by atoms with Crippen LogP contribution >= 0.6 is 0 Å². The van der Waals surface area contributed by atoms with Crippen LogP contribution in [0.25, 0.3) is 0 Å². The van der Waals surface area contributed by atoms with Crippen molar-refractivity contribution in [3.05, 3.63) is 114 Å². The van der Waals surface area contributed by atoms with Gasteiger partial charge in [-0.05, 0) is 111 Å². The molecule has 2 fully saturated rings. The van der Waals surface area contributed by atoms with Gasteiger partial charge in [0.15, 0.2) is 0 Å². The number of rotatable bonds is 20. The van der Waals surface area contributed by atoms with Crippen LogP contribution in [0.4, 0.5) is 4.39 Å². The second-order valence-electron chi connectivity index (χ2n) is 15.8. The van der Waals surface area contributed by atoms with Gasteiger partial charge in [-0.25, -0.2) is 4.39 Å². The third kappa shape index (κ3) is 8.77. The molecule has 58 heavy (non-hydrogen) atoms. The number of halogens is 1. The van der Waals surface area contributed by atoms with E-state index in [1.165, 1.54) is 12.1 Å². The Balaban J connectivity index is 1.44. The molecular formula is C47H55FN2O8. The summed E-state index contributed by atoms with van der Waals surface area (Å²) in [7, 11) is 0. The van der Waals surface area contributed by atoms with Crippen molar-refractivity contribution >= 4 is 17.9 Å². The maximum absolute atomic E-state index is 14.6. The number of nitrogens with zero attached hydrogens (tertiary/aromatic N) is 2. The van der Waals surface area contributed by atoms with Crippen LogP contribution < -0.4 is 9.47 Å². The second-order valence-corrected chi connectivity index (χ2v) is 15.8. The van der Waals surface area contributed by atoms with Crippen LogP contribution in [-0.2, 0) is 20.9 Å². The number of allylic oxidation sites excluding steroid dienone is 1. The zero-order chi connectivity index (χ0) is 40.6. The maximum atomic E-state index is 14.6. The summed E-state index contributed by atoms with van der Waals surface area (Å²) in [6.45, 7) is 6.79. The molecule has 10 nitrogen and oxygen atoms in total. The van der Waals surface area contributed by atoms with Gasteiger partial charge in [-0.3, -0.25) is 9.59 Å². The molecule has 308 valence electrons. The number of fused-ring (bicyclic) bond motifs is 2. The summed E-state index contributed by atoms with van der Waals surface area (Å²) in [6.07, 6.45) is 11.2. The first-order valence-electron chi connectivity index (χ1n) is 20.8. The van der Waals surface area contributed by atoms with E-state index < -0.39 is 17.7 Å². The normalized spacial score (nSPS) is 25.1. The summed E-state index contributed by atoms with van der Waals surface area (Å²) in [6, 6.07) is 18.4. The highest BCUT2D eigenvalue weighted by atomic mass is 19.1. The minimum Gasteiger partial charge on any atom is -0.459 e. The van der Waals surface area contributed by atoms with Crippen LogP contribution in [0, 0.1) is 29.5 Å². The Morgan fingerprint density at radius 3 is 2.48 bits per heavy atom. The van der Waals surface area contributed by atoms with E-state index in [0.29, 0.717) is 42.3 Å². The highest BCUT2D eigenvalue weighted by molar-refractivity contribution is 6.03. The van der Waals surface area contributed by atoms with Crippen molar-refractivity contribution in [2.75, 3.05) is 26.4 Å². The van der Waals surface area contributed by atoms with Crippen LogP contribution in [-0.4, -0.2) is 71.3 Å². The fourth-order valence-electron chi connectivity index (χ4n) is 9.33. The second kappa shape index (κ2) is 18.8. The molecule has 3 aromatic carbocycles. The number of aliphatic hydroxyl groups is 2. The summed E-state index contributed by atoms with van der Waals surface area (Å²) in [5, 5.41) is 24.5. The van der Waals surface area contributed by atoms with Crippen molar-refractivity contribution in [3.8, 4) is 17.2 Å². The number of ether oxygens (including phenoxy) is 3. The summed E-state index contributed by atoms with van der Waals surface area (Å²) < 4.78 is 35.0. The Hall–Kier alpha value is -4.84. The summed E-state index contributed by atoms with van der Waals surface area (Å²) in [4.78, 5) is 34.0. The predicted molar refractivity (Wildman–Crippen MR) is 218 cm³/mol. The lowest BCUT2D eigenvalue weighted by Crippen LogP contribution is -2.70. The molecule has 0 aromatic heterocycles. The largest absolute Gasteiger partial charge is 0.459 e. The Kier molecular flexibility index (Phi) is 13.4. The van der Waals surface area contributed by atoms with Gasteiger partial charge in [-0.15, -0.1) is 6.58 Å². The Morgan fingerprint density at radius 1 is 1.02 bits per heavy atom. The highest BCUT2D eigenvalue weighted by Gasteiger charge is 2.66. The van der Waals surface area contributed by atoms with Gasteiger partial charge in [-0.2, -0.15) is 0 Å². The van der Waals surface area contributed by atoms with E-state index in [2.05, 4.69) is 12.7 Å². The molecule has 1 amide bonds. The molecule has 4 aliphatic rings. The highest BCUT2D eigenvalue weighted by Crippen LogP contribution is 2.62. The minimum absolute atomic E-state index is 0.0106. The lowest BCUT2D eigenvalue weighted by atomic mass is 9.55. The average molecular weight is 795 g/mol. The molecular weight excluding hydrogens is 740 g/mol. The maximum Gasteiger partial charge on any atom is 0.239 e. The van der Waals surface area contributed by atoms with Gasteiger partial charge in [0.2, 0.25) is 11.7 Å². The Bertz CT molecular complexity index is 1980. The predicted octanol–water partition coefficient (Wildman–Crippen LogP) is 8.52. The fraction of sp³-hybridized carbons (Fsp3) is 0.468. The van der Waals surface area contributed by atoms with Crippen LogP contribution in [0.15, 0.2) is 96.2 Å². The van der Waals surface area contributed by atoms with Crippen molar-refractivity contribution in [3.63, 3.8) is 0 Å². The number of unbranched alkanes of at least 4 members (excludes halogenated alkanes) is 2. The molecule has 2 N–H and O–H groups in total. The monoisotopic (exact) mass is 794 g/mol. The SMILES string of the molecule is C=CCO[C@@]12Oc3ccc(Oc4cccc(C=O)c4)cc3[C@H]3[C@H](CCCCO)[C@@H](CCCCO)C=C(C(=NOCC)C[C@@H]1N(Cc1ccc(F)cc1)C(=O)C1CC1)[C@H]32. The molecule has 1 heterocycles. The van der Waals surface area contributed by atoms with E-state index in [9.17, 15) is 24.2 Å². The van der Waals surface area contributed by atoms with E-state index in [4.69, 9.17) is 24.2 Å². The number of aldehydes is 1. The van der Waals surface area contributed by atoms with Crippen molar-refractivity contribution in [1.82, 2.24) is 4.90 Å². The number of hydrogen-bond donors (Lipinski definition) is 2. The number of hydrogen-bond acceptors (Lipinski definition) is 9. The first-order chi connectivity index (χ1) is 28.3. The lowest BCUT2D eigenvalue weighted by Gasteiger charge is -2.60. The molecule has 2 saturated carbocycles. The topological polar surface area (TPSA) is 127 Å². The molecule has 1 aliphatic heterocycles. The van der Waals surface area contributed by atoms with Crippen molar-refractivity contribution in [1.29, 1.82) is 0 Å². The van der Waals surface area contributed by atoms with Gasteiger partial charge >= 0.3 is 0 Å². The Labute approximate surface area is 340 Å². The summed E-state index contributed by atoms with van der Waals surface area (Å²) in [5.74, 6) is -0.787. The summed E-state index contributed by atoms with van der Waals surface area (Å²) >= 11 is 0. The number of benzene rings is 3. The van der Waals surface area contributed by atoms with Crippen LogP contribution in [0.2, 0.25) is 0 Å². The van der Waals surface area contributed by atoms with Crippen molar-refractivity contribution in [2.45, 2.75) is 89.0 Å². The average Bonchev–Trinajstić information content (AvgIpc) is 4.09. The van der Waals surface area contributed by atoms with Gasteiger partial charge in [0.25, 0.3) is 0 Å². The third-order valence-electron chi connectivity index (χ3n) is 12.0. The number of aliphatic hydroxyl groups excluding tert-OH is 2. The number of oxime groups is 1. The summed E-state index contributed by atoms with van der Waals surface area (Å²) in [5.41, 5.74) is 3.87. The molecule has 0 bridgehead atoms. The minimum atomic E-state index is -1.40. The van der Waals surface area contributed by atoms with Gasteiger partial charge in [0.05, 0.1) is 18.2 Å². The first kappa shape index (κ1) is 41.3. The van der Waals surface area contributed by atoms with Crippen LogP contribution in [0.3, 0.4) is 0 Å². The number of carbonyl (C=O) groups is 2. The first-order valence-corrected chi connectivity index (χ1v) is 20.8. The molecule has 0 spiro atoms. The van der Waals surface area contributed by atoms with E-state index in [0.717, 1.165) is 67.2 Å². The van der Waals surface area contributed by atoms with Crippen LogP contribution in [0.5, 0.6) is 17.2 Å². The molecule has 0 saturated heterocycles. The van der Waals surface area contributed by atoms with Gasteiger partial charge in [-0.1, -0.05) is 54.4 Å². The Morgan fingerprint density at radius 2 is 1.78 bits per heavy atom. The van der Waals surface area contributed by atoms with Crippen molar-refractivity contribution < 1.29 is 43.2 Å². The standard InChI is InChI=1S/C47H55FN2O8/c1-3-24-55-47-43(50(46(54)33-16-17-33)29-31-14-18-35(48)19-15-31)28-41(49-56-4-2)39-26-34(11-5-7-22-51)38(13-6-8-23-52)44(45(39)47)40-27-37(20-21-42(40)58-47)57-36-12-9-10-32(25-36)30-53/h3,9-10,12,14-15,18-21,25-27,30,33-34,38,43-45,51-52H,1,4-8,11,13,16-17,22-24,28-29H2,2H3/t34-,38+,43-,44+,45+,47+/m0/s1. The fourth-order valence-corrected chi connectivity index (χ4v) is 9.33. The quantitative estimate of drug-likeness (QED) is 0.0505. The van der Waals surface area contributed by atoms with Gasteiger partial charge < -0.3 is 34.2 Å². The van der Waals surface area contributed by atoms with Crippen LogP contribution in [0.1, 0.15) is 92.1 Å². The zero-order valence-corrected chi connectivity index (χ0v) is 33.3. The lowest BCUT2D eigenvalue weighted by molar-refractivity contribution is -0.258. The number of amides is 1. The number of carbonyl (C=O) groups excluding carboxylic acids is 2. The molecule has 0 radical (unpaired) electrons. The molecule has 0 unspecified atom stereocenters. The van der Waals surface area contributed by atoms with Gasteiger partial charge in [0, 0.05) is 49.1 Å². The van der Waals surface area contributed by atoms with Crippen molar-refractivity contribution in [2.24, 2.45) is 28.8 Å². The molecule has 11 heteroatoms. The van der Waals surface area contributed by atoms with E-state index >= 15 is 0 Å². The molecule has 6 atom stereocenters. The van der Waals surface area contributed by atoms with E-state index in [1.807, 2.05) is 36.1 Å². The smallest absolute Gasteiger partial charge is 0.239 e.